The van der Waals surface area contributed by atoms with E-state index in [4.69, 9.17) is 9.47 Å². The molecule has 1 N–H and O–H groups in total. The van der Waals surface area contributed by atoms with Gasteiger partial charge in [-0.3, -0.25) is 0 Å². The Hall–Kier alpha value is -1.68. The van der Waals surface area contributed by atoms with Crippen molar-refractivity contribution in [1.29, 1.82) is 0 Å². The molecule has 2 heterocycles. The van der Waals surface area contributed by atoms with Crippen LogP contribution < -0.4 is 14.9 Å². The molecule has 0 amide bonds. The lowest BCUT2D eigenvalue weighted by atomic mass is 9.89. The van der Waals surface area contributed by atoms with Gasteiger partial charge in [-0.05, 0) is 62.3 Å². The summed E-state index contributed by atoms with van der Waals surface area (Å²) in [5.74, 6) is 2.52. The van der Waals surface area contributed by atoms with Crippen LogP contribution in [0.4, 0.5) is 0 Å². The van der Waals surface area contributed by atoms with E-state index in [1.807, 2.05) is 0 Å². The summed E-state index contributed by atoms with van der Waals surface area (Å²) < 4.78 is 11.0. The van der Waals surface area contributed by atoms with Gasteiger partial charge in [-0.1, -0.05) is 32.8 Å². The van der Waals surface area contributed by atoms with Crippen LogP contribution in [0.15, 0.2) is 30.0 Å². The molecule has 0 saturated heterocycles. The Bertz CT molecular complexity index is 600. The van der Waals surface area contributed by atoms with Gasteiger partial charge in [0, 0.05) is 18.3 Å². The standard InChI is InChI=1S/C21H32N2O2/c1-4-6-17(7-9-19(5-2)23-12-11-16(3)22-23)13-18-8-10-20-21(14-18)25-15-24-20/h8,10-11,14,17,19,22H,4-7,9,12-13,15H2,1-3H3. The van der Waals surface area contributed by atoms with Crippen LogP contribution in [0.3, 0.4) is 0 Å². The third kappa shape index (κ3) is 4.69. The zero-order chi connectivity index (χ0) is 17.6. The van der Waals surface area contributed by atoms with E-state index in [-0.39, 0.29) is 0 Å². The average molecular weight is 344 g/mol. The highest BCUT2D eigenvalue weighted by Crippen LogP contribution is 2.34. The van der Waals surface area contributed by atoms with Gasteiger partial charge in [0.25, 0.3) is 0 Å². The van der Waals surface area contributed by atoms with Gasteiger partial charge in [-0.2, -0.15) is 0 Å². The monoisotopic (exact) mass is 344 g/mol. The number of allylic oxidation sites excluding steroid dienone is 1. The summed E-state index contributed by atoms with van der Waals surface area (Å²) in [4.78, 5) is 0. The molecule has 0 saturated carbocycles. The van der Waals surface area contributed by atoms with E-state index in [0.29, 0.717) is 12.8 Å². The number of hydrogen-bond acceptors (Lipinski definition) is 4. The maximum atomic E-state index is 5.53. The lowest BCUT2D eigenvalue weighted by Gasteiger charge is -2.29. The van der Waals surface area contributed by atoms with Crippen molar-refractivity contribution in [2.75, 3.05) is 13.3 Å². The first-order chi connectivity index (χ1) is 12.2. The molecule has 25 heavy (non-hydrogen) atoms. The van der Waals surface area contributed by atoms with E-state index < -0.39 is 0 Å². The van der Waals surface area contributed by atoms with E-state index in [1.54, 1.807) is 0 Å². The molecular weight excluding hydrogens is 312 g/mol. The lowest BCUT2D eigenvalue weighted by molar-refractivity contribution is 0.156. The minimum Gasteiger partial charge on any atom is -0.454 e. The Kier molecular flexibility index (Phi) is 6.24. The average Bonchev–Trinajstić information content (AvgIpc) is 3.24. The van der Waals surface area contributed by atoms with Crippen molar-refractivity contribution in [1.82, 2.24) is 10.4 Å². The highest BCUT2D eigenvalue weighted by molar-refractivity contribution is 5.44. The molecule has 0 radical (unpaired) electrons. The van der Waals surface area contributed by atoms with Crippen LogP contribution in [-0.4, -0.2) is 24.4 Å². The Balaban J connectivity index is 1.55. The van der Waals surface area contributed by atoms with Gasteiger partial charge < -0.3 is 14.9 Å². The number of nitrogens with one attached hydrogen (secondary N) is 1. The predicted molar refractivity (Wildman–Crippen MR) is 102 cm³/mol. The number of rotatable bonds is 9. The zero-order valence-electron chi connectivity index (χ0n) is 15.9. The quantitative estimate of drug-likeness (QED) is 0.706. The normalized spacial score (nSPS) is 18.8. The van der Waals surface area contributed by atoms with Crippen LogP contribution in [-0.2, 0) is 6.42 Å². The fourth-order valence-electron chi connectivity index (χ4n) is 3.96. The molecule has 0 aliphatic carbocycles. The van der Waals surface area contributed by atoms with Gasteiger partial charge in [-0.15, -0.1) is 0 Å². The number of nitrogens with zero attached hydrogens (tertiary/aromatic N) is 1. The predicted octanol–water partition coefficient (Wildman–Crippen LogP) is 4.66. The van der Waals surface area contributed by atoms with E-state index in [9.17, 15) is 0 Å². The Labute approximate surface area is 152 Å². The maximum absolute atomic E-state index is 5.53. The molecule has 3 rings (SSSR count). The van der Waals surface area contributed by atoms with Gasteiger partial charge >= 0.3 is 0 Å². The van der Waals surface area contributed by atoms with Crippen molar-refractivity contribution in [2.24, 2.45) is 5.92 Å². The van der Waals surface area contributed by atoms with Crippen molar-refractivity contribution < 1.29 is 9.47 Å². The zero-order valence-corrected chi connectivity index (χ0v) is 15.9. The molecule has 4 nitrogen and oxygen atoms in total. The molecule has 0 spiro atoms. The van der Waals surface area contributed by atoms with Crippen molar-refractivity contribution in [3.63, 3.8) is 0 Å². The molecule has 4 heteroatoms. The molecule has 0 fully saturated rings. The summed E-state index contributed by atoms with van der Waals surface area (Å²) >= 11 is 0. The maximum Gasteiger partial charge on any atom is 0.231 e. The van der Waals surface area contributed by atoms with Crippen LogP contribution in [0.5, 0.6) is 11.5 Å². The lowest BCUT2D eigenvalue weighted by Crippen LogP contribution is -2.41. The number of benzene rings is 1. The van der Waals surface area contributed by atoms with Gasteiger partial charge in [0.05, 0.1) is 0 Å². The van der Waals surface area contributed by atoms with Crippen LogP contribution in [0.25, 0.3) is 0 Å². The molecule has 1 aromatic rings. The molecule has 0 bridgehead atoms. The summed E-state index contributed by atoms with van der Waals surface area (Å²) in [6.07, 6.45) is 9.66. The third-order valence-corrected chi connectivity index (χ3v) is 5.39. The fourth-order valence-corrected chi connectivity index (χ4v) is 3.96. The second-order valence-electron chi connectivity index (χ2n) is 7.34. The number of fused-ring (bicyclic) bond motifs is 1. The van der Waals surface area contributed by atoms with E-state index in [1.165, 1.54) is 43.4 Å². The summed E-state index contributed by atoms with van der Waals surface area (Å²) in [5.41, 5.74) is 6.15. The second-order valence-corrected chi connectivity index (χ2v) is 7.34. The van der Waals surface area contributed by atoms with Gasteiger partial charge in [0.15, 0.2) is 11.5 Å². The first-order valence-corrected chi connectivity index (χ1v) is 9.78. The summed E-state index contributed by atoms with van der Waals surface area (Å²) in [6.45, 7) is 8.12. The summed E-state index contributed by atoms with van der Waals surface area (Å²) in [6, 6.07) is 7.03. The SMILES string of the molecule is CCCC(CCC(CC)N1CC=C(C)N1)Cc1ccc2c(c1)OCO2. The first-order valence-electron chi connectivity index (χ1n) is 9.78. The first kappa shape index (κ1) is 18.1. The third-order valence-electron chi connectivity index (χ3n) is 5.39. The minimum absolute atomic E-state index is 0.353. The molecule has 0 aromatic heterocycles. The number of hydrazine groups is 1. The summed E-state index contributed by atoms with van der Waals surface area (Å²) in [7, 11) is 0. The van der Waals surface area contributed by atoms with Crippen molar-refractivity contribution >= 4 is 0 Å². The second kappa shape index (κ2) is 8.61. The molecule has 2 aliphatic heterocycles. The molecule has 138 valence electrons. The number of ether oxygens (including phenoxy) is 2. The highest BCUT2D eigenvalue weighted by Gasteiger charge is 2.21. The van der Waals surface area contributed by atoms with Crippen molar-refractivity contribution in [3.8, 4) is 11.5 Å². The largest absolute Gasteiger partial charge is 0.454 e. The summed E-state index contributed by atoms with van der Waals surface area (Å²) in [5, 5.41) is 2.40. The molecule has 2 aliphatic rings. The molecule has 2 atom stereocenters. The van der Waals surface area contributed by atoms with Gasteiger partial charge in [0.1, 0.15) is 0 Å². The van der Waals surface area contributed by atoms with E-state index in [0.717, 1.165) is 30.4 Å². The topological polar surface area (TPSA) is 33.7 Å². The molecule has 2 unspecified atom stereocenters. The van der Waals surface area contributed by atoms with Crippen molar-refractivity contribution in [2.45, 2.75) is 65.3 Å². The Morgan fingerprint density at radius 2 is 1.96 bits per heavy atom. The minimum atomic E-state index is 0.353. The van der Waals surface area contributed by atoms with Crippen LogP contribution >= 0.6 is 0 Å². The Morgan fingerprint density at radius 1 is 1.12 bits per heavy atom. The Morgan fingerprint density at radius 3 is 2.68 bits per heavy atom. The van der Waals surface area contributed by atoms with E-state index >= 15 is 0 Å². The van der Waals surface area contributed by atoms with E-state index in [2.05, 4.69) is 55.5 Å². The van der Waals surface area contributed by atoms with Crippen LogP contribution in [0.2, 0.25) is 0 Å². The van der Waals surface area contributed by atoms with Crippen LogP contribution in [0, 0.1) is 5.92 Å². The highest BCUT2D eigenvalue weighted by atomic mass is 16.7. The van der Waals surface area contributed by atoms with Gasteiger partial charge in [-0.25, -0.2) is 5.01 Å². The smallest absolute Gasteiger partial charge is 0.231 e. The van der Waals surface area contributed by atoms with Gasteiger partial charge in [0.2, 0.25) is 6.79 Å². The van der Waals surface area contributed by atoms with Crippen molar-refractivity contribution in [3.05, 3.63) is 35.5 Å². The molecular formula is C21H32N2O2. The molecule has 1 aromatic carbocycles. The number of hydrogen-bond donors (Lipinski definition) is 1. The fraction of sp³-hybridized carbons (Fsp3) is 0.619. The van der Waals surface area contributed by atoms with Crippen LogP contribution in [0.1, 0.15) is 58.4 Å².